The number of nitrogens with zero attached hydrogens (tertiary/aromatic N) is 5. The lowest BCUT2D eigenvalue weighted by Crippen LogP contribution is -2.13. The maximum absolute atomic E-state index is 11.0. The van der Waals surface area contributed by atoms with Crippen LogP contribution in [0.25, 0.3) is 11.2 Å². The van der Waals surface area contributed by atoms with Crippen molar-refractivity contribution in [3.05, 3.63) is 12.5 Å². The van der Waals surface area contributed by atoms with Crippen LogP contribution in [0, 0.1) is 0 Å². The third kappa shape index (κ3) is 1.39. The second-order valence-electron chi connectivity index (χ2n) is 2.55. The molecular formula is C7H7N5O2. The molecule has 7 heteroatoms. The van der Waals surface area contributed by atoms with Crippen molar-refractivity contribution in [1.82, 2.24) is 25.0 Å². The van der Waals surface area contributed by atoms with Crippen LogP contribution >= 0.6 is 0 Å². The first-order chi connectivity index (χ1) is 6.81. The van der Waals surface area contributed by atoms with Gasteiger partial charge in [0, 0.05) is 0 Å². The molecule has 0 saturated heterocycles. The van der Waals surface area contributed by atoms with Crippen molar-refractivity contribution in [1.29, 1.82) is 0 Å². The number of ether oxygens (including phenoxy) is 1. The molecule has 14 heavy (non-hydrogen) atoms. The number of methoxy groups -OCH3 is 1. The van der Waals surface area contributed by atoms with Gasteiger partial charge in [-0.15, -0.1) is 5.10 Å². The van der Waals surface area contributed by atoms with E-state index in [9.17, 15) is 4.79 Å². The van der Waals surface area contributed by atoms with Gasteiger partial charge in [-0.3, -0.25) is 4.79 Å². The third-order valence-electron chi connectivity index (χ3n) is 1.68. The molecule has 0 radical (unpaired) electrons. The Morgan fingerprint density at radius 2 is 2.50 bits per heavy atom. The van der Waals surface area contributed by atoms with E-state index in [1.807, 2.05) is 0 Å². The molecule has 2 aromatic rings. The highest BCUT2D eigenvalue weighted by Crippen LogP contribution is 2.03. The Bertz CT molecular complexity index is 466. The van der Waals surface area contributed by atoms with Crippen molar-refractivity contribution in [2.45, 2.75) is 6.54 Å². The van der Waals surface area contributed by atoms with Gasteiger partial charge in [-0.05, 0) is 0 Å². The summed E-state index contributed by atoms with van der Waals surface area (Å²) in [5.41, 5.74) is 1.07. The summed E-state index contributed by atoms with van der Waals surface area (Å²) in [7, 11) is 1.32. The topological polar surface area (TPSA) is 82.8 Å². The van der Waals surface area contributed by atoms with Crippen molar-refractivity contribution in [3.8, 4) is 0 Å². The van der Waals surface area contributed by atoms with Crippen LogP contribution in [0.15, 0.2) is 12.5 Å². The number of carbonyl (C=O) groups is 1. The summed E-state index contributed by atoms with van der Waals surface area (Å²) in [5.74, 6) is -0.393. The van der Waals surface area contributed by atoms with E-state index in [-0.39, 0.29) is 6.54 Å². The quantitative estimate of drug-likeness (QED) is 0.592. The standard InChI is InChI=1S/C7H7N5O2/c1-14-6(13)3-12-7-5(10-11-12)2-8-4-9-7/h2,4H,3H2,1H3. The zero-order valence-corrected chi connectivity index (χ0v) is 7.41. The summed E-state index contributed by atoms with van der Waals surface area (Å²) >= 11 is 0. The molecule has 0 aliphatic rings. The molecule has 2 heterocycles. The van der Waals surface area contributed by atoms with Crippen molar-refractivity contribution >= 4 is 17.1 Å². The molecule has 0 aromatic carbocycles. The maximum atomic E-state index is 11.0. The Morgan fingerprint density at radius 1 is 1.64 bits per heavy atom. The first-order valence-electron chi connectivity index (χ1n) is 3.87. The molecule has 72 valence electrons. The Kier molecular flexibility index (Phi) is 2.05. The number of hydrogen-bond donors (Lipinski definition) is 0. The molecule has 0 saturated carbocycles. The maximum Gasteiger partial charge on any atom is 0.327 e. The summed E-state index contributed by atoms with van der Waals surface area (Å²) in [5, 5.41) is 7.53. The van der Waals surface area contributed by atoms with Gasteiger partial charge >= 0.3 is 5.97 Å². The number of rotatable bonds is 2. The number of esters is 1. The number of fused-ring (bicyclic) bond motifs is 1. The number of hydrogen-bond acceptors (Lipinski definition) is 6. The molecule has 2 aromatic heterocycles. The smallest absolute Gasteiger partial charge is 0.327 e. The fourth-order valence-corrected chi connectivity index (χ4v) is 1.02. The highest BCUT2D eigenvalue weighted by molar-refractivity contribution is 5.73. The van der Waals surface area contributed by atoms with Gasteiger partial charge in [-0.25, -0.2) is 14.6 Å². The minimum atomic E-state index is -0.393. The second kappa shape index (κ2) is 3.36. The monoisotopic (exact) mass is 193 g/mol. The van der Waals surface area contributed by atoms with E-state index < -0.39 is 5.97 Å². The predicted molar refractivity (Wildman–Crippen MR) is 45.1 cm³/mol. The lowest BCUT2D eigenvalue weighted by molar-refractivity contribution is -0.141. The zero-order chi connectivity index (χ0) is 9.97. The van der Waals surface area contributed by atoms with E-state index in [4.69, 9.17) is 0 Å². The Hall–Kier alpha value is -2.05. The largest absolute Gasteiger partial charge is 0.468 e. The van der Waals surface area contributed by atoms with Gasteiger partial charge in [0.05, 0.1) is 13.3 Å². The summed E-state index contributed by atoms with van der Waals surface area (Å²) < 4.78 is 5.87. The van der Waals surface area contributed by atoms with Crippen molar-refractivity contribution in [2.75, 3.05) is 7.11 Å². The van der Waals surface area contributed by atoms with Gasteiger partial charge in [0.25, 0.3) is 0 Å². The van der Waals surface area contributed by atoms with Gasteiger partial charge in [0.15, 0.2) is 11.2 Å². The minimum Gasteiger partial charge on any atom is -0.468 e. The van der Waals surface area contributed by atoms with E-state index in [1.54, 1.807) is 0 Å². The molecule has 0 unspecified atom stereocenters. The molecule has 0 spiro atoms. The first-order valence-corrected chi connectivity index (χ1v) is 3.87. The summed E-state index contributed by atoms with van der Waals surface area (Å²) in [4.78, 5) is 18.7. The average Bonchev–Trinajstić information content (AvgIpc) is 2.62. The van der Waals surface area contributed by atoms with Crippen LogP contribution in [0.2, 0.25) is 0 Å². The van der Waals surface area contributed by atoms with Crippen LogP contribution in [0.1, 0.15) is 0 Å². The highest BCUT2D eigenvalue weighted by Gasteiger charge is 2.09. The predicted octanol–water partition coefficient (Wildman–Crippen LogP) is -0.606. The van der Waals surface area contributed by atoms with E-state index in [0.717, 1.165) is 0 Å². The van der Waals surface area contributed by atoms with Gasteiger partial charge in [0.2, 0.25) is 0 Å². The number of carbonyl (C=O) groups excluding carboxylic acids is 1. The van der Waals surface area contributed by atoms with E-state index in [0.29, 0.717) is 11.2 Å². The van der Waals surface area contributed by atoms with Crippen LogP contribution in [-0.4, -0.2) is 38.0 Å². The van der Waals surface area contributed by atoms with Gasteiger partial charge in [-0.2, -0.15) is 0 Å². The third-order valence-corrected chi connectivity index (χ3v) is 1.68. The normalized spacial score (nSPS) is 10.4. The van der Waals surface area contributed by atoms with Crippen LogP contribution in [-0.2, 0) is 16.1 Å². The molecular weight excluding hydrogens is 186 g/mol. The molecule has 0 N–H and O–H groups in total. The fraction of sp³-hybridized carbons (Fsp3) is 0.286. The summed E-state index contributed by atoms with van der Waals surface area (Å²) in [6, 6.07) is 0. The molecule has 0 aliphatic carbocycles. The van der Waals surface area contributed by atoms with Crippen LogP contribution in [0.3, 0.4) is 0 Å². The summed E-state index contributed by atoms with van der Waals surface area (Å²) in [6.45, 7) is 0.00398. The minimum absolute atomic E-state index is 0.00398. The molecule has 0 bridgehead atoms. The molecule has 0 atom stereocenters. The average molecular weight is 193 g/mol. The fourth-order valence-electron chi connectivity index (χ4n) is 1.02. The van der Waals surface area contributed by atoms with Gasteiger partial charge in [0.1, 0.15) is 12.9 Å². The van der Waals surface area contributed by atoms with Crippen molar-refractivity contribution in [2.24, 2.45) is 0 Å². The van der Waals surface area contributed by atoms with Crippen molar-refractivity contribution < 1.29 is 9.53 Å². The Morgan fingerprint density at radius 3 is 3.29 bits per heavy atom. The number of aromatic nitrogens is 5. The first kappa shape index (κ1) is 8.54. The lowest BCUT2D eigenvalue weighted by atomic mass is 10.5. The van der Waals surface area contributed by atoms with Gasteiger partial charge < -0.3 is 4.74 Å². The van der Waals surface area contributed by atoms with Gasteiger partial charge in [-0.1, -0.05) is 5.21 Å². The molecule has 0 fully saturated rings. The molecule has 7 nitrogen and oxygen atoms in total. The lowest BCUT2D eigenvalue weighted by Gasteiger charge is -1.98. The Labute approximate surface area is 78.7 Å². The highest BCUT2D eigenvalue weighted by atomic mass is 16.5. The molecule has 0 aliphatic heterocycles. The van der Waals surface area contributed by atoms with E-state index >= 15 is 0 Å². The van der Waals surface area contributed by atoms with Crippen LogP contribution < -0.4 is 0 Å². The SMILES string of the molecule is COC(=O)Cn1nnc2cncnc21. The second-order valence-corrected chi connectivity index (χ2v) is 2.55. The van der Waals surface area contributed by atoms with Crippen LogP contribution in [0.5, 0.6) is 0 Å². The summed E-state index contributed by atoms with van der Waals surface area (Å²) in [6.07, 6.45) is 2.91. The molecule has 0 amide bonds. The Balaban J connectivity index is 2.38. The van der Waals surface area contributed by atoms with Crippen molar-refractivity contribution in [3.63, 3.8) is 0 Å². The van der Waals surface area contributed by atoms with E-state index in [1.165, 1.54) is 24.3 Å². The zero-order valence-electron chi connectivity index (χ0n) is 7.41. The van der Waals surface area contributed by atoms with E-state index in [2.05, 4.69) is 25.0 Å². The molecule has 2 rings (SSSR count). The van der Waals surface area contributed by atoms with Crippen LogP contribution in [0.4, 0.5) is 0 Å².